The number of hydrogen-bond donors (Lipinski definition) is 0. The van der Waals surface area contributed by atoms with Crippen molar-refractivity contribution in [3.63, 3.8) is 0 Å². The Hall–Kier alpha value is -1.43. The van der Waals surface area contributed by atoms with Crippen LogP contribution in [0.25, 0.3) is 0 Å². The maximum Gasteiger partial charge on any atom is 0.294 e. The molecule has 0 N–H and O–H groups in total. The number of carbonyl (C=O) groups excluding carboxylic acids is 1. The van der Waals surface area contributed by atoms with Crippen LogP contribution >= 0.6 is 15.9 Å². The highest BCUT2D eigenvalue weighted by Gasteiger charge is 2.19. The van der Waals surface area contributed by atoms with Gasteiger partial charge in [-0.2, -0.15) is 0 Å². The first-order chi connectivity index (χ1) is 6.93. The summed E-state index contributed by atoms with van der Waals surface area (Å²) >= 11 is 3.14. The van der Waals surface area contributed by atoms with E-state index in [2.05, 4.69) is 15.9 Å². The van der Waals surface area contributed by atoms with Crippen LogP contribution in [0.5, 0.6) is 0 Å². The molecule has 0 aliphatic heterocycles. The van der Waals surface area contributed by atoms with E-state index < -0.39 is 4.92 Å². The van der Waals surface area contributed by atoms with Crippen molar-refractivity contribution in [2.24, 2.45) is 0 Å². The third-order valence-corrected chi connectivity index (χ3v) is 2.46. The molecular formula is C9H9BrN2O3. The van der Waals surface area contributed by atoms with Gasteiger partial charge in [0.15, 0.2) is 0 Å². The first-order valence-corrected chi connectivity index (χ1v) is 4.91. The molecule has 1 amide bonds. The lowest BCUT2D eigenvalue weighted by Crippen LogP contribution is -2.23. The minimum atomic E-state index is -0.514. The number of nitrogens with zero attached hydrogens (tertiary/aromatic N) is 2. The second-order valence-electron chi connectivity index (χ2n) is 2.97. The molecule has 80 valence electrons. The Balaban J connectivity index is 3.28. The Kier molecular flexibility index (Phi) is 3.41. The summed E-state index contributed by atoms with van der Waals surface area (Å²) in [6.07, 6.45) is 0. The number of nitro groups is 1. The van der Waals surface area contributed by atoms with Crippen LogP contribution in [0.1, 0.15) is 6.92 Å². The van der Waals surface area contributed by atoms with Gasteiger partial charge in [-0.3, -0.25) is 14.9 Å². The molecule has 1 aromatic carbocycles. The molecule has 0 atom stereocenters. The minimum absolute atomic E-state index is 0.0953. The molecule has 0 saturated heterocycles. The summed E-state index contributed by atoms with van der Waals surface area (Å²) in [6.45, 7) is 1.35. The highest BCUT2D eigenvalue weighted by Crippen LogP contribution is 2.30. The minimum Gasteiger partial charge on any atom is -0.310 e. The monoisotopic (exact) mass is 272 g/mol. The van der Waals surface area contributed by atoms with E-state index in [1.807, 2.05) is 0 Å². The van der Waals surface area contributed by atoms with Crippen molar-refractivity contribution in [1.29, 1.82) is 0 Å². The zero-order valence-corrected chi connectivity index (χ0v) is 9.82. The maximum absolute atomic E-state index is 11.1. The third-order valence-electron chi connectivity index (χ3n) is 1.97. The number of anilines is 1. The van der Waals surface area contributed by atoms with Gasteiger partial charge in [-0.15, -0.1) is 0 Å². The van der Waals surface area contributed by atoms with Crippen molar-refractivity contribution in [1.82, 2.24) is 0 Å². The van der Waals surface area contributed by atoms with Crippen LogP contribution < -0.4 is 4.90 Å². The topological polar surface area (TPSA) is 63.5 Å². The second kappa shape index (κ2) is 4.39. The first kappa shape index (κ1) is 11.6. The highest BCUT2D eigenvalue weighted by molar-refractivity contribution is 9.10. The molecule has 0 aliphatic rings. The lowest BCUT2D eigenvalue weighted by atomic mass is 10.2. The second-order valence-corrected chi connectivity index (χ2v) is 3.88. The van der Waals surface area contributed by atoms with Gasteiger partial charge in [-0.1, -0.05) is 15.9 Å². The van der Waals surface area contributed by atoms with Gasteiger partial charge in [0.1, 0.15) is 5.69 Å². The summed E-state index contributed by atoms with van der Waals surface area (Å²) in [6, 6.07) is 4.56. The molecule has 0 radical (unpaired) electrons. The number of carbonyl (C=O) groups is 1. The zero-order chi connectivity index (χ0) is 11.6. The van der Waals surface area contributed by atoms with Crippen molar-refractivity contribution in [3.05, 3.63) is 32.8 Å². The lowest BCUT2D eigenvalue weighted by molar-refractivity contribution is -0.384. The summed E-state index contributed by atoms with van der Waals surface area (Å²) in [7, 11) is 1.50. The van der Waals surface area contributed by atoms with E-state index in [0.29, 0.717) is 4.47 Å². The Morgan fingerprint density at radius 2 is 2.13 bits per heavy atom. The van der Waals surface area contributed by atoms with Gasteiger partial charge in [-0.05, 0) is 12.1 Å². The smallest absolute Gasteiger partial charge is 0.294 e. The van der Waals surface area contributed by atoms with Crippen LogP contribution in [0, 0.1) is 10.1 Å². The van der Waals surface area contributed by atoms with Gasteiger partial charge < -0.3 is 4.90 Å². The van der Waals surface area contributed by atoms with E-state index in [-0.39, 0.29) is 17.3 Å². The Bertz CT molecular complexity index is 420. The first-order valence-electron chi connectivity index (χ1n) is 4.11. The van der Waals surface area contributed by atoms with Gasteiger partial charge in [0.05, 0.1) is 4.92 Å². The van der Waals surface area contributed by atoms with Crippen LogP contribution in [0.15, 0.2) is 22.7 Å². The van der Waals surface area contributed by atoms with E-state index in [1.165, 1.54) is 31.0 Å². The Morgan fingerprint density at radius 3 is 2.60 bits per heavy atom. The van der Waals surface area contributed by atoms with Crippen LogP contribution in [0.3, 0.4) is 0 Å². The predicted octanol–water partition coefficient (Wildman–Crippen LogP) is 2.34. The summed E-state index contributed by atoms with van der Waals surface area (Å²) in [4.78, 5) is 22.6. The number of amides is 1. The Labute approximate surface area is 95.0 Å². The molecular weight excluding hydrogens is 264 g/mol. The molecule has 0 saturated carbocycles. The SMILES string of the molecule is CC(=O)N(C)c1ccc(Br)cc1[N+](=O)[O-]. The van der Waals surface area contributed by atoms with Crippen molar-refractivity contribution < 1.29 is 9.72 Å². The summed E-state index contributed by atoms with van der Waals surface area (Å²) in [5.41, 5.74) is 0.192. The van der Waals surface area contributed by atoms with E-state index in [0.717, 1.165) is 0 Å². The van der Waals surface area contributed by atoms with E-state index in [1.54, 1.807) is 6.07 Å². The maximum atomic E-state index is 11.1. The molecule has 5 nitrogen and oxygen atoms in total. The van der Waals surface area contributed by atoms with Crippen molar-refractivity contribution >= 4 is 33.2 Å². The molecule has 1 rings (SSSR count). The molecule has 0 heterocycles. The molecule has 15 heavy (non-hydrogen) atoms. The molecule has 0 fully saturated rings. The van der Waals surface area contributed by atoms with Crippen LogP contribution in [-0.4, -0.2) is 17.9 Å². The zero-order valence-electron chi connectivity index (χ0n) is 8.23. The van der Waals surface area contributed by atoms with Crippen LogP contribution in [0.2, 0.25) is 0 Å². The van der Waals surface area contributed by atoms with E-state index >= 15 is 0 Å². The molecule has 0 aromatic heterocycles. The average molecular weight is 273 g/mol. The third kappa shape index (κ3) is 2.53. The summed E-state index contributed by atoms with van der Waals surface area (Å²) in [5.74, 6) is -0.250. The van der Waals surface area contributed by atoms with Crippen molar-refractivity contribution in [3.8, 4) is 0 Å². The lowest BCUT2D eigenvalue weighted by Gasteiger charge is -2.14. The quantitative estimate of drug-likeness (QED) is 0.613. The largest absolute Gasteiger partial charge is 0.310 e. The molecule has 1 aromatic rings. The highest BCUT2D eigenvalue weighted by atomic mass is 79.9. The summed E-state index contributed by atoms with van der Waals surface area (Å²) in [5, 5.41) is 10.7. The van der Waals surface area contributed by atoms with Gasteiger partial charge >= 0.3 is 0 Å². The van der Waals surface area contributed by atoms with Crippen LogP contribution in [-0.2, 0) is 4.79 Å². The number of nitro benzene ring substituents is 1. The van der Waals surface area contributed by atoms with Crippen LogP contribution in [0.4, 0.5) is 11.4 Å². The molecule has 0 spiro atoms. The molecule has 0 bridgehead atoms. The summed E-state index contributed by atoms with van der Waals surface area (Å²) < 4.78 is 0.606. The molecule has 6 heteroatoms. The normalized spacial score (nSPS) is 9.80. The molecule has 0 aliphatic carbocycles. The fourth-order valence-electron chi connectivity index (χ4n) is 1.10. The number of halogens is 1. The van der Waals surface area contributed by atoms with Gasteiger partial charge in [0, 0.05) is 24.5 Å². The Morgan fingerprint density at radius 1 is 1.53 bits per heavy atom. The standard InChI is InChI=1S/C9H9BrN2O3/c1-6(13)11(2)8-4-3-7(10)5-9(8)12(14)15/h3-5H,1-2H3. The van der Waals surface area contributed by atoms with Crippen molar-refractivity contribution in [2.45, 2.75) is 6.92 Å². The predicted molar refractivity (Wildman–Crippen MR) is 59.9 cm³/mol. The number of hydrogen-bond acceptors (Lipinski definition) is 3. The van der Waals surface area contributed by atoms with E-state index in [4.69, 9.17) is 0 Å². The fraction of sp³-hybridized carbons (Fsp3) is 0.222. The molecule has 0 unspecified atom stereocenters. The van der Waals surface area contributed by atoms with Gasteiger partial charge in [0.2, 0.25) is 5.91 Å². The number of rotatable bonds is 2. The average Bonchev–Trinajstić information content (AvgIpc) is 2.16. The van der Waals surface area contributed by atoms with Crippen molar-refractivity contribution in [2.75, 3.05) is 11.9 Å². The van der Waals surface area contributed by atoms with Gasteiger partial charge in [0.25, 0.3) is 5.69 Å². The van der Waals surface area contributed by atoms with Gasteiger partial charge in [-0.25, -0.2) is 0 Å². The van der Waals surface area contributed by atoms with E-state index in [9.17, 15) is 14.9 Å². The number of benzene rings is 1. The fourth-order valence-corrected chi connectivity index (χ4v) is 1.45.